The maximum Gasteiger partial charge on any atom is 0.258 e. The minimum atomic E-state index is -0.345. The van der Waals surface area contributed by atoms with Gasteiger partial charge in [-0.25, -0.2) is 0 Å². The zero-order chi connectivity index (χ0) is 27.4. The topological polar surface area (TPSA) is 58.2 Å². The second-order valence-corrected chi connectivity index (χ2v) is 14.1. The van der Waals surface area contributed by atoms with Gasteiger partial charge in [0.15, 0.2) is 0 Å². The number of thioether (sulfide) groups is 2. The van der Waals surface area contributed by atoms with Crippen molar-refractivity contribution in [1.82, 2.24) is 10.6 Å². The van der Waals surface area contributed by atoms with Crippen LogP contribution in [0.5, 0.6) is 0 Å². The highest BCUT2D eigenvalue weighted by Crippen LogP contribution is 2.68. The van der Waals surface area contributed by atoms with E-state index >= 15 is 0 Å². The number of rotatable bonds is 6. The molecule has 39 heavy (non-hydrogen) atoms. The van der Waals surface area contributed by atoms with E-state index in [1.54, 1.807) is 23.5 Å². The van der Waals surface area contributed by atoms with Crippen LogP contribution in [0.4, 0.5) is 0 Å². The Bertz CT molecular complexity index is 1360. The molecule has 1 fully saturated rings. The van der Waals surface area contributed by atoms with Crippen LogP contribution in [-0.4, -0.2) is 21.3 Å². The van der Waals surface area contributed by atoms with E-state index in [1.165, 1.54) is 22.3 Å². The summed E-state index contributed by atoms with van der Waals surface area (Å²) in [6.45, 7) is 8.58. The van der Waals surface area contributed by atoms with E-state index < -0.39 is 0 Å². The number of hydrogen-bond acceptors (Lipinski definition) is 4. The summed E-state index contributed by atoms with van der Waals surface area (Å²) in [4.78, 5) is 28.5. The van der Waals surface area contributed by atoms with Crippen molar-refractivity contribution in [2.75, 3.05) is 0 Å². The fourth-order valence-corrected chi connectivity index (χ4v) is 9.33. The molecule has 200 valence electrons. The first-order valence-electron chi connectivity index (χ1n) is 13.7. The van der Waals surface area contributed by atoms with Crippen molar-refractivity contribution in [2.24, 2.45) is 0 Å². The third-order valence-corrected chi connectivity index (χ3v) is 12.0. The van der Waals surface area contributed by atoms with Gasteiger partial charge in [0.25, 0.3) is 11.8 Å². The molecule has 2 aromatic rings. The zero-order valence-corrected chi connectivity index (χ0v) is 24.5. The summed E-state index contributed by atoms with van der Waals surface area (Å²) < 4.78 is -0.690. The highest BCUT2D eigenvalue weighted by atomic mass is 32.2. The van der Waals surface area contributed by atoms with Crippen LogP contribution in [-0.2, 0) is 9.59 Å². The van der Waals surface area contributed by atoms with Crippen LogP contribution in [0.15, 0.2) is 105 Å². The molecule has 0 radical (unpaired) electrons. The van der Waals surface area contributed by atoms with Gasteiger partial charge in [-0.1, -0.05) is 60.7 Å². The Morgan fingerprint density at radius 2 is 1.08 bits per heavy atom. The highest BCUT2D eigenvalue weighted by Gasteiger charge is 2.60. The van der Waals surface area contributed by atoms with Crippen LogP contribution in [0.2, 0.25) is 0 Å². The number of carbonyl (C=O) groups is 2. The maximum atomic E-state index is 13.5. The molecule has 0 spiro atoms. The van der Waals surface area contributed by atoms with Crippen molar-refractivity contribution in [3.05, 3.63) is 116 Å². The minimum Gasteiger partial charge on any atom is -0.345 e. The molecule has 2 N–H and O–H groups in total. The molecule has 2 aromatic carbocycles. The maximum absolute atomic E-state index is 13.5. The van der Waals surface area contributed by atoms with Crippen LogP contribution in [0, 0.1) is 0 Å². The third kappa shape index (κ3) is 4.33. The molecule has 2 aliphatic carbocycles. The molecule has 4 atom stereocenters. The Morgan fingerprint density at radius 1 is 0.692 bits per heavy atom. The van der Waals surface area contributed by atoms with E-state index in [0.29, 0.717) is 0 Å². The van der Waals surface area contributed by atoms with E-state index in [2.05, 4.69) is 36.6 Å². The van der Waals surface area contributed by atoms with Gasteiger partial charge in [0.2, 0.25) is 0 Å². The number of allylic oxidation sites excluding steroid dienone is 4. The van der Waals surface area contributed by atoms with Crippen molar-refractivity contribution < 1.29 is 9.59 Å². The first-order valence-corrected chi connectivity index (χ1v) is 15.4. The fourth-order valence-electron chi connectivity index (χ4n) is 6.35. The van der Waals surface area contributed by atoms with Gasteiger partial charge in [0, 0.05) is 0 Å². The first-order chi connectivity index (χ1) is 18.7. The quantitative estimate of drug-likeness (QED) is 0.393. The lowest BCUT2D eigenvalue weighted by molar-refractivity contribution is -0.118. The summed E-state index contributed by atoms with van der Waals surface area (Å²) >= 11 is 3.32. The number of hydrogen-bond donors (Lipinski definition) is 2. The van der Waals surface area contributed by atoms with Gasteiger partial charge in [0.1, 0.15) is 0 Å². The predicted molar refractivity (Wildman–Crippen MR) is 162 cm³/mol. The third-order valence-electron chi connectivity index (χ3n) is 8.73. The van der Waals surface area contributed by atoms with E-state index in [-0.39, 0.29) is 33.4 Å². The van der Waals surface area contributed by atoms with Gasteiger partial charge in [-0.05, 0) is 92.5 Å². The van der Waals surface area contributed by atoms with E-state index in [1.807, 2.05) is 74.5 Å². The van der Waals surface area contributed by atoms with Gasteiger partial charge in [-0.3, -0.25) is 9.59 Å². The van der Waals surface area contributed by atoms with Gasteiger partial charge in [0.05, 0.1) is 31.4 Å². The standard InChI is InChI=1S/C33H34N2O2S2/c1-20(22-12-7-5-8-13-22)34-30(36)28-18-26-24-16-11-17-25(24)27-19-29(39-33(27,4)32(26,3)38-28)31(37)35-21(2)23-14-9-6-10-15-23/h5-10,12-15,18-21H,11,16-17H2,1-4H3,(H,34,36)(H,35,37)/t20-,21-,32+,33+/m0/s1. The number of nitrogens with one attached hydrogen (secondary N) is 2. The second kappa shape index (κ2) is 9.90. The summed E-state index contributed by atoms with van der Waals surface area (Å²) in [5.74, 6) is -0.0641. The molecule has 0 saturated heterocycles. The van der Waals surface area contributed by atoms with Gasteiger partial charge in [-0.15, -0.1) is 23.5 Å². The molecule has 2 heterocycles. The summed E-state index contributed by atoms with van der Waals surface area (Å²) in [7, 11) is 0. The molecule has 0 bridgehead atoms. The largest absolute Gasteiger partial charge is 0.345 e. The van der Waals surface area contributed by atoms with Crippen LogP contribution < -0.4 is 10.6 Å². The average molecular weight is 555 g/mol. The number of carbonyl (C=O) groups excluding carboxylic acids is 2. The van der Waals surface area contributed by atoms with Crippen molar-refractivity contribution in [3.8, 4) is 0 Å². The zero-order valence-electron chi connectivity index (χ0n) is 22.8. The SMILES string of the molecule is C[C@H](NC(=O)C1=CC2=C3CCCC3=C3C=C(C(=O)N[C@@H](C)c4ccccc4)S[C@@]3(C)[C@]2(C)S1)c1ccccc1. The summed E-state index contributed by atoms with van der Waals surface area (Å²) in [5.41, 5.74) is 7.48. The minimum absolute atomic E-state index is 0.0321. The second-order valence-electron chi connectivity index (χ2n) is 11.1. The van der Waals surface area contributed by atoms with Crippen LogP contribution in [0.1, 0.15) is 70.2 Å². The van der Waals surface area contributed by atoms with Crippen molar-refractivity contribution in [3.63, 3.8) is 0 Å². The predicted octanol–water partition coefficient (Wildman–Crippen LogP) is 7.31. The molecular weight excluding hydrogens is 521 g/mol. The van der Waals surface area contributed by atoms with E-state index in [9.17, 15) is 9.59 Å². The monoisotopic (exact) mass is 554 g/mol. The lowest BCUT2D eigenvalue weighted by atomic mass is 9.72. The van der Waals surface area contributed by atoms with Gasteiger partial charge in [-0.2, -0.15) is 0 Å². The number of benzene rings is 2. The van der Waals surface area contributed by atoms with Crippen LogP contribution in [0.3, 0.4) is 0 Å². The van der Waals surface area contributed by atoms with Crippen LogP contribution >= 0.6 is 23.5 Å². The van der Waals surface area contributed by atoms with E-state index in [0.717, 1.165) is 40.2 Å². The molecule has 2 aliphatic heterocycles. The first kappa shape index (κ1) is 26.3. The Kier molecular flexibility index (Phi) is 6.67. The normalized spacial score (nSPS) is 26.8. The molecule has 6 heteroatoms. The summed E-state index contributed by atoms with van der Waals surface area (Å²) in [5, 5.41) is 6.43. The fraction of sp³-hybridized carbons (Fsp3) is 0.333. The lowest BCUT2D eigenvalue weighted by Gasteiger charge is -2.47. The molecular formula is C33H34N2O2S2. The molecule has 1 saturated carbocycles. The number of amides is 2. The molecule has 4 nitrogen and oxygen atoms in total. The summed E-state index contributed by atoms with van der Waals surface area (Å²) in [6.07, 6.45) is 7.43. The van der Waals surface area contributed by atoms with Crippen molar-refractivity contribution in [2.45, 2.75) is 68.5 Å². The molecule has 6 rings (SSSR count). The lowest BCUT2D eigenvalue weighted by Crippen LogP contribution is -2.47. The number of fused-ring (bicyclic) bond motifs is 4. The Balaban J connectivity index is 1.27. The van der Waals surface area contributed by atoms with Gasteiger partial charge < -0.3 is 10.6 Å². The molecule has 2 amide bonds. The Hall–Kier alpha value is -2.96. The van der Waals surface area contributed by atoms with Crippen LogP contribution in [0.25, 0.3) is 0 Å². The molecule has 0 unspecified atom stereocenters. The van der Waals surface area contributed by atoms with Crippen molar-refractivity contribution >= 4 is 35.3 Å². The smallest absolute Gasteiger partial charge is 0.258 e. The molecule has 4 aliphatic rings. The average Bonchev–Trinajstić information content (AvgIpc) is 3.65. The Labute approximate surface area is 239 Å². The highest BCUT2D eigenvalue weighted by molar-refractivity contribution is 8.10. The van der Waals surface area contributed by atoms with E-state index in [4.69, 9.17) is 0 Å². The van der Waals surface area contributed by atoms with Crippen molar-refractivity contribution in [1.29, 1.82) is 0 Å². The molecule has 0 aromatic heterocycles. The summed E-state index contributed by atoms with van der Waals surface area (Å²) in [6, 6.07) is 20.0. The Morgan fingerprint density at radius 3 is 1.46 bits per heavy atom. The van der Waals surface area contributed by atoms with Gasteiger partial charge >= 0.3 is 0 Å².